The second kappa shape index (κ2) is 5.93. The topological polar surface area (TPSA) is 75.6 Å². The van der Waals surface area contributed by atoms with Crippen LogP contribution in [0, 0.1) is 12.8 Å². The number of halogens is 1. The van der Waals surface area contributed by atoms with Crippen LogP contribution in [0.1, 0.15) is 33.5 Å². The first-order valence-corrected chi connectivity index (χ1v) is 9.21. The van der Waals surface area contributed by atoms with Crippen LogP contribution < -0.4 is 10.1 Å². The molecule has 1 aliphatic heterocycles. The first kappa shape index (κ1) is 17.2. The molecule has 4 rings (SSSR count). The third kappa shape index (κ3) is 2.25. The van der Waals surface area contributed by atoms with Gasteiger partial charge in [0.15, 0.2) is 11.4 Å². The van der Waals surface area contributed by atoms with Crippen LogP contribution in [0.15, 0.2) is 34.8 Å². The zero-order valence-corrected chi connectivity index (χ0v) is 16.0. The molecule has 2 atom stereocenters. The number of methoxy groups -OCH3 is 1. The van der Waals surface area contributed by atoms with Crippen LogP contribution in [0.4, 0.5) is 5.69 Å². The lowest BCUT2D eigenvalue weighted by atomic mass is 9.70. The molecule has 0 saturated heterocycles. The maximum absolute atomic E-state index is 13.2. The van der Waals surface area contributed by atoms with Gasteiger partial charge in [-0.3, -0.25) is 9.59 Å². The number of anilines is 1. The molecular formula is C20H18BrNO4. The first-order chi connectivity index (χ1) is 12.4. The average Bonchev–Trinajstić information content (AvgIpc) is 2.87. The molecule has 0 radical (unpaired) electrons. The Kier molecular flexibility index (Phi) is 3.93. The molecule has 0 aromatic heterocycles. The van der Waals surface area contributed by atoms with E-state index >= 15 is 0 Å². The van der Waals surface area contributed by atoms with Crippen molar-refractivity contribution >= 4 is 33.3 Å². The molecule has 0 fully saturated rings. The minimum Gasteiger partial charge on any atom is -0.496 e. The second-order valence-electron chi connectivity index (χ2n) is 6.78. The number of aliphatic hydroxyl groups is 1. The number of ketones is 1. The van der Waals surface area contributed by atoms with E-state index in [2.05, 4.69) is 21.2 Å². The number of carbonyl (C=O) groups is 2. The molecule has 2 aromatic rings. The van der Waals surface area contributed by atoms with E-state index < -0.39 is 17.4 Å². The van der Waals surface area contributed by atoms with Crippen molar-refractivity contribution in [1.82, 2.24) is 0 Å². The molecule has 0 bridgehead atoms. The molecule has 1 aliphatic carbocycles. The van der Waals surface area contributed by atoms with Crippen molar-refractivity contribution < 1.29 is 19.4 Å². The van der Waals surface area contributed by atoms with Crippen molar-refractivity contribution in [2.45, 2.75) is 25.4 Å². The quantitative estimate of drug-likeness (QED) is 0.788. The normalized spacial score (nSPS) is 24.1. The third-order valence-corrected chi connectivity index (χ3v) is 6.02. The monoisotopic (exact) mass is 415 g/mol. The molecule has 0 saturated carbocycles. The number of nitrogens with one attached hydrogen (secondary N) is 1. The van der Waals surface area contributed by atoms with Gasteiger partial charge in [0, 0.05) is 21.3 Å². The lowest BCUT2D eigenvalue weighted by Gasteiger charge is -2.34. The number of rotatable bonds is 2. The Labute approximate surface area is 159 Å². The van der Waals surface area contributed by atoms with Crippen LogP contribution in [0.25, 0.3) is 0 Å². The van der Waals surface area contributed by atoms with Crippen LogP contribution in [-0.2, 0) is 16.8 Å². The molecule has 0 unspecified atom stereocenters. The van der Waals surface area contributed by atoms with Gasteiger partial charge in [0.1, 0.15) is 5.75 Å². The predicted molar refractivity (Wildman–Crippen MR) is 101 cm³/mol. The van der Waals surface area contributed by atoms with Crippen LogP contribution in [-0.4, -0.2) is 23.9 Å². The van der Waals surface area contributed by atoms with Crippen LogP contribution >= 0.6 is 15.9 Å². The van der Waals surface area contributed by atoms with Gasteiger partial charge in [0.2, 0.25) is 0 Å². The van der Waals surface area contributed by atoms with E-state index in [1.165, 1.54) is 0 Å². The second-order valence-corrected chi connectivity index (χ2v) is 7.70. The summed E-state index contributed by atoms with van der Waals surface area (Å²) in [7, 11) is 1.60. The molecular weight excluding hydrogens is 398 g/mol. The smallest absolute Gasteiger partial charge is 0.261 e. The maximum Gasteiger partial charge on any atom is 0.261 e. The van der Waals surface area contributed by atoms with Gasteiger partial charge in [-0.2, -0.15) is 0 Å². The largest absolute Gasteiger partial charge is 0.496 e. The van der Waals surface area contributed by atoms with Crippen LogP contribution in [0.3, 0.4) is 0 Å². The van der Waals surface area contributed by atoms with Gasteiger partial charge in [0.05, 0.1) is 13.0 Å². The molecule has 2 aliphatic rings. The zero-order valence-electron chi connectivity index (χ0n) is 14.4. The van der Waals surface area contributed by atoms with E-state index in [9.17, 15) is 14.7 Å². The number of ether oxygens (including phenoxy) is 1. The average molecular weight is 416 g/mol. The number of carbonyl (C=O) groups excluding carboxylic acids is 2. The fraction of sp³-hybridized carbons (Fsp3) is 0.300. The molecule has 26 heavy (non-hydrogen) atoms. The summed E-state index contributed by atoms with van der Waals surface area (Å²) in [6.45, 7) is 1.93. The summed E-state index contributed by atoms with van der Waals surface area (Å²) in [5.74, 6) is -0.833. The van der Waals surface area contributed by atoms with E-state index in [1.807, 2.05) is 6.92 Å². The van der Waals surface area contributed by atoms with Gasteiger partial charge in [-0.15, -0.1) is 0 Å². The summed E-state index contributed by atoms with van der Waals surface area (Å²) < 4.78 is 6.09. The van der Waals surface area contributed by atoms with Gasteiger partial charge in [-0.25, -0.2) is 0 Å². The van der Waals surface area contributed by atoms with Gasteiger partial charge in [-0.1, -0.05) is 15.9 Å². The van der Waals surface area contributed by atoms with E-state index in [-0.39, 0.29) is 5.78 Å². The summed E-state index contributed by atoms with van der Waals surface area (Å²) in [6, 6.07) is 8.71. The Morgan fingerprint density at radius 2 is 2.04 bits per heavy atom. The lowest BCUT2D eigenvalue weighted by Crippen LogP contribution is -2.47. The fourth-order valence-electron chi connectivity index (χ4n) is 4.14. The van der Waals surface area contributed by atoms with Gasteiger partial charge in [-0.05, 0) is 61.2 Å². The minimum atomic E-state index is -1.86. The molecule has 1 heterocycles. The van der Waals surface area contributed by atoms with Crippen molar-refractivity contribution in [3.8, 4) is 5.75 Å². The number of Topliss-reactive ketones (excluding diaryl/α,β-unsaturated/α-hetero) is 1. The third-order valence-electron chi connectivity index (χ3n) is 5.52. The molecule has 2 N–H and O–H groups in total. The standard InChI is InChI=1S/C20H18BrNO4/c1-10-12-4-6-14(18(23)13(12)5-8-17(10)26-2)20(25)15-9-11(21)3-7-16(15)22-19(20)24/h3,5,7-9,14,25H,4,6H2,1-2H3,(H,22,24)/t14-,20+/m0/s1. The highest BCUT2D eigenvalue weighted by molar-refractivity contribution is 9.10. The Balaban J connectivity index is 1.81. The van der Waals surface area contributed by atoms with Crippen molar-refractivity contribution in [3.63, 3.8) is 0 Å². The molecule has 1 amide bonds. The van der Waals surface area contributed by atoms with Gasteiger partial charge in [0.25, 0.3) is 5.91 Å². The SMILES string of the molecule is COc1ccc2c(c1C)CC[C@H]([C@]1(O)C(=O)Nc3ccc(Br)cc31)C2=O. The summed E-state index contributed by atoms with van der Waals surface area (Å²) in [4.78, 5) is 25.8. The number of amides is 1. The van der Waals surface area contributed by atoms with Crippen molar-refractivity contribution in [3.05, 3.63) is 57.1 Å². The predicted octanol–water partition coefficient (Wildman–Crippen LogP) is 3.35. The molecule has 134 valence electrons. The Morgan fingerprint density at radius 1 is 1.27 bits per heavy atom. The van der Waals surface area contributed by atoms with Crippen molar-refractivity contribution in [2.75, 3.05) is 12.4 Å². The van der Waals surface area contributed by atoms with Crippen molar-refractivity contribution in [2.24, 2.45) is 5.92 Å². The fourth-order valence-corrected chi connectivity index (χ4v) is 4.50. The van der Waals surface area contributed by atoms with Gasteiger partial charge >= 0.3 is 0 Å². The maximum atomic E-state index is 13.2. The molecule has 6 heteroatoms. The highest BCUT2D eigenvalue weighted by atomic mass is 79.9. The summed E-state index contributed by atoms with van der Waals surface area (Å²) >= 11 is 3.38. The van der Waals surface area contributed by atoms with E-state index in [4.69, 9.17) is 4.74 Å². The zero-order chi connectivity index (χ0) is 18.6. The highest BCUT2D eigenvalue weighted by Crippen LogP contribution is 2.47. The van der Waals surface area contributed by atoms with Gasteiger partial charge < -0.3 is 15.2 Å². The van der Waals surface area contributed by atoms with Crippen LogP contribution in [0.2, 0.25) is 0 Å². The van der Waals surface area contributed by atoms with Crippen LogP contribution in [0.5, 0.6) is 5.75 Å². The summed E-state index contributed by atoms with van der Waals surface area (Å²) in [5, 5.41) is 14.1. The number of fused-ring (bicyclic) bond motifs is 2. The Hall–Kier alpha value is -2.18. The first-order valence-electron chi connectivity index (χ1n) is 8.42. The number of hydrogen-bond donors (Lipinski definition) is 2. The number of hydrogen-bond acceptors (Lipinski definition) is 4. The minimum absolute atomic E-state index is 0.206. The Bertz CT molecular complexity index is 955. The summed E-state index contributed by atoms with van der Waals surface area (Å²) in [6.07, 6.45) is 1.00. The number of benzene rings is 2. The molecule has 0 spiro atoms. The lowest BCUT2D eigenvalue weighted by molar-refractivity contribution is -0.138. The molecule has 5 nitrogen and oxygen atoms in total. The van der Waals surface area contributed by atoms with E-state index in [0.29, 0.717) is 29.7 Å². The highest BCUT2D eigenvalue weighted by Gasteiger charge is 2.55. The van der Waals surface area contributed by atoms with Crippen molar-refractivity contribution in [1.29, 1.82) is 0 Å². The summed E-state index contributed by atoms with van der Waals surface area (Å²) in [5.41, 5.74) is 1.56. The van der Waals surface area contributed by atoms with E-state index in [1.54, 1.807) is 37.4 Å². The molecule has 2 aromatic carbocycles. The Morgan fingerprint density at radius 3 is 2.77 bits per heavy atom. The van der Waals surface area contributed by atoms with E-state index in [0.717, 1.165) is 21.3 Å².